The molecule has 0 spiro atoms. The van der Waals surface area contributed by atoms with Gasteiger partial charge < -0.3 is 9.55 Å². The van der Waals surface area contributed by atoms with Gasteiger partial charge in [-0.15, -0.1) is 0 Å². The van der Waals surface area contributed by atoms with Crippen LogP contribution in [0.3, 0.4) is 0 Å². The Balaban J connectivity index is 1.81. The molecule has 4 rings (SSSR count). The van der Waals surface area contributed by atoms with E-state index in [0.29, 0.717) is 11.4 Å². The van der Waals surface area contributed by atoms with Crippen LogP contribution in [-0.2, 0) is 0 Å². The second kappa shape index (κ2) is 6.90. The molecule has 2 heterocycles. The molecule has 0 amide bonds. The summed E-state index contributed by atoms with van der Waals surface area (Å²) in [6.45, 7) is 4.13. The molecule has 0 radical (unpaired) electrons. The zero-order valence-corrected chi connectivity index (χ0v) is 16.6. The molecule has 0 unspecified atom stereocenters. The second-order valence-corrected chi connectivity index (χ2v) is 7.33. The van der Waals surface area contributed by atoms with Crippen LogP contribution < -0.4 is 0 Å². The van der Waals surface area contributed by atoms with Crippen LogP contribution in [0.25, 0.3) is 28.4 Å². The van der Waals surface area contributed by atoms with E-state index < -0.39 is 0 Å². The number of rotatable bonds is 3. The summed E-state index contributed by atoms with van der Waals surface area (Å²) in [5, 5.41) is 9.70. The third-order valence-electron chi connectivity index (χ3n) is 4.60. The number of nitriles is 1. The molecule has 0 aliphatic carbocycles. The Labute approximate surface area is 165 Å². The van der Waals surface area contributed by atoms with Crippen molar-refractivity contribution >= 4 is 38.6 Å². The predicted octanol–water partition coefficient (Wildman–Crippen LogP) is 5.80. The van der Waals surface area contributed by atoms with Crippen molar-refractivity contribution in [2.45, 2.75) is 13.8 Å². The minimum absolute atomic E-state index is 0.515. The number of aryl methyl sites for hydroxylation is 1. The Morgan fingerprint density at radius 1 is 1.15 bits per heavy atom. The van der Waals surface area contributed by atoms with E-state index in [4.69, 9.17) is 0 Å². The number of halogens is 1. The normalized spacial score (nSPS) is 11.7. The number of benzene rings is 2. The van der Waals surface area contributed by atoms with E-state index in [-0.39, 0.29) is 0 Å². The van der Waals surface area contributed by atoms with Crippen molar-refractivity contribution in [1.82, 2.24) is 14.5 Å². The number of nitrogens with zero attached hydrogens (tertiary/aromatic N) is 3. The molecule has 132 valence electrons. The Hall–Kier alpha value is -3.10. The number of fused-ring (bicyclic) bond motifs is 1. The van der Waals surface area contributed by atoms with Crippen molar-refractivity contribution in [1.29, 1.82) is 5.26 Å². The number of H-pyrrole nitrogens is 1. The van der Waals surface area contributed by atoms with Crippen molar-refractivity contribution in [2.24, 2.45) is 0 Å². The Morgan fingerprint density at radius 2 is 1.96 bits per heavy atom. The molecule has 0 fully saturated rings. The SMILES string of the molecule is Cc1cc(/C=C(\C#N)c2nc3ccccc3[nH]2)c(C)n1-c1cccc(Br)c1. The highest BCUT2D eigenvalue weighted by molar-refractivity contribution is 9.10. The van der Waals surface area contributed by atoms with Gasteiger partial charge in [-0.25, -0.2) is 4.98 Å². The summed E-state index contributed by atoms with van der Waals surface area (Å²) in [6.07, 6.45) is 1.90. The van der Waals surface area contributed by atoms with Gasteiger partial charge in [0.05, 0.1) is 16.6 Å². The molecule has 5 heteroatoms. The van der Waals surface area contributed by atoms with Gasteiger partial charge in [0.15, 0.2) is 0 Å². The van der Waals surface area contributed by atoms with Crippen molar-refractivity contribution < 1.29 is 0 Å². The monoisotopic (exact) mass is 416 g/mol. The Morgan fingerprint density at radius 3 is 2.70 bits per heavy atom. The predicted molar refractivity (Wildman–Crippen MR) is 113 cm³/mol. The molecule has 0 bridgehead atoms. The van der Waals surface area contributed by atoms with E-state index >= 15 is 0 Å². The van der Waals surface area contributed by atoms with Crippen LogP contribution in [0.5, 0.6) is 0 Å². The number of aromatic amines is 1. The second-order valence-electron chi connectivity index (χ2n) is 6.41. The highest BCUT2D eigenvalue weighted by Gasteiger charge is 2.13. The van der Waals surface area contributed by atoms with Crippen LogP contribution in [0.1, 0.15) is 22.8 Å². The van der Waals surface area contributed by atoms with Gasteiger partial charge in [-0.3, -0.25) is 0 Å². The number of hydrogen-bond acceptors (Lipinski definition) is 2. The van der Waals surface area contributed by atoms with Crippen LogP contribution in [0.4, 0.5) is 0 Å². The van der Waals surface area contributed by atoms with E-state index in [1.807, 2.05) is 42.5 Å². The number of aromatic nitrogens is 3. The van der Waals surface area contributed by atoms with E-state index in [1.165, 1.54) is 0 Å². The fourth-order valence-electron chi connectivity index (χ4n) is 3.34. The van der Waals surface area contributed by atoms with E-state index in [9.17, 15) is 5.26 Å². The lowest BCUT2D eigenvalue weighted by Crippen LogP contribution is -1.98. The van der Waals surface area contributed by atoms with Crippen molar-refractivity contribution in [3.8, 4) is 11.8 Å². The maximum absolute atomic E-state index is 9.70. The van der Waals surface area contributed by atoms with Gasteiger partial charge in [-0.2, -0.15) is 5.26 Å². The van der Waals surface area contributed by atoms with Crippen molar-refractivity contribution in [3.63, 3.8) is 0 Å². The lowest BCUT2D eigenvalue weighted by Gasteiger charge is -2.10. The quantitative estimate of drug-likeness (QED) is 0.429. The third kappa shape index (κ3) is 3.20. The minimum Gasteiger partial charge on any atom is -0.337 e. The Bertz CT molecular complexity index is 1190. The lowest BCUT2D eigenvalue weighted by molar-refractivity contribution is 0.963. The lowest BCUT2D eigenvalue weighted by atomic mass is 10.1. The number of imidazole rings is 1. The zero-order valence-electron chi connectivity index (χ0n) is 15.0. The van der Waals surface area contributed by atoms with Gasteiger partial charge in [0.1, 0.15) is 11.9 Å². The minimum atomic E-state index is 0.515. The van der Waals surface area contributed by atoms with Gasteiger partial charge in [0, 0.05) is 21.5 Å². The van der Waals surface area contributed by atoms with Crippen LogP contribution in [0.15, 0.2) is 59.1 Å². The first kappa shape index (κ1) is 17.3. The summed E-state index contributed by atoms with van der Waals surface area (Å²) < 4.78 is 3.22. The molecular weight excluding hydrogens is 400 g/mol. The molecule has 0 aliphatic rings. The van der Waals surface area contributed by atoms with Gasteiger partial charge in [-0.1, -0.05) is 34.1 Å². The fourth-order valence-corrected chi connectivity index (χ4v) is 3.72. The third-order valence-corrected chi connectivity index (χ3v) is 5.09. The van der Waals surface area contributed by atoms with Crippen LogP contribution in [-0.4, -0.2) is 14.5 Å². The largest absolute Gasteiger partial charge is 0.337 e. The van der Waals surface area contributed by atoms with Crippen molar-refractivity contribution in [2.75, 3.05) is 0 Å². The molecule has 2 aromatic carbocycles. The topological polar surface area (TPSA) is 57.4 Å². The van der Waals surface area contributed by atoms with Crippen molar-refractivity contribution in [3.05, 3.63) is 81.8 Å². The maximum atomic E-state index is 9.70. The van der Waals surface area contributed by atoms with E-state index in [2.05, 4.69) is 68.6 Å². The first-order valence-corrected chi connectivity index (χ1v) is 9.38. The van der Waals surface area contributed by atoms with Gasteiger partial charge in [0.2, 0.25) is 0 Å². The summed E-state index contributed by atoms with van der Waals surface area (Å²) in [6, 6.07) is 20.3. The Kier molecular flexibility index (Phi) is 4.43. The highest BCUT2D eigenvalue weighted by Crippen LogP contribution is 2.26. The molecule has 0 atom stereocenters. The number of nitrogens with one attached hydrogen (secondary N) is 1. The number of hydrogen-bond donors (Lipinski definition) is 1. The van der Waals surface area contributed by atoms with Crippen LogP contribution >= 0.6 is 15.9 Å². The number of allylic oxidation sites excluding steroid dienone is 1. The molecule has 0 saturated carbocycles. The summed E-state index contributed by atoms with van der Waals surface area (Å²) in [5.74, 6) is 0.589. The summed E-state index contributed by atoms with van der Waals surface area (Å²) >= 11 is 3.53. The maximum Gasteiger partial charge on any atom is 0.149 e. The number of para-hydroxylation sites is 2. The summed E-state index contributed by atoms with van der Waals surface area (Å²) in [5.41, 5.74) is 6.57. The van der Waals surface area contributed by atoms with Gasteiger partial charge in [-0.05, 0) is 61.9 Å². The smallest absolute Gasteiger partial charge is 0.149 e. The van der Waals surface area contributed by atoms with Gasteiger partial charge >= 0.3 is 0 Å². The molecule has 4 aromatic rings. The molecular formula is C22H17BrN4. The van der Waals surface area contributed by atoms with Crippen LogP contribution in [0, 0.1) is 25.2 Å². The average Bonchev–Trinajstić information content (AvgIpc) is 3.20. The molecule has 27 heavy (non-hydrogen) atoms. The highest BCUT2D eigenvalue weighted by atomic mass is 79.9. The van der Waals surface area contributed by atoms with E-state index in [1.54, 1.807) is 0 Å². The average molecular weight is 417 g/mol. The van der Waals surface area contributed by atoms with E-state index in [0.717, 1.165) is 38.1 Å². The molecule has 2 aromatic heterocycles. The fraction of sp³-hybridized carbons (Fsp3) is 0.0909. The molecule has 1 N–H and O–H groups in total. The molecule has 0 saturated heterocycles. The summed E-state index contributed by atoms with van der Waals surface area (Å²) in [4.78, 5) is 7.78. The molecule has 4 nitrogen and oxygen atoms in total. The zero-order chi connectivity index (χ0) is 19.0. The standard InChI is InChI=1S/C22H17BrN4/c1-14-10-16(15(2)27(14)19-7-5-6-18(23)12-19)11-17(13-24)22-25-20-8-3-4-9-21(20)26-22/h3-12H,1-2H3,(H,25,26)/b17-11+. The first-order chi connectivity index (χ1) is 13.1. The molecule has 0 aliphatic heterocycles. The van der Waals surface area contributed by atoms with Crippen LogP contribution in [0.2, 0.25) is 0 Å². The van der Waals surface area contributed by atoms with Gasteiger partial charge in [0.25, 0.3) is 0 Å². The summed E-state index contributed by atoms with van der Waals surface area (Å²) in [7, 11) is 0. The first-order valence-electron chi connectivity index (χ1n) is 8.58.